The number of hydrogen-bond acceptors (Lipinski definition) is 3. The highest BCUT2D eigenvalue weighted by molar-refractivity contribution is 7.22. The molecule has 0 saturated heterocycles. The summed E-state index contributed by atoms with van der Waals surface area (Å²) in [6.45, 7) is 4.54. The normalized spacial score (nSPS) is 11.1. The van der Waals surface area contributed by atoms with Crippen molar-refractivity contribution in [3.63, 3.8) is 0 Å². The molecule has 2 aromatic rings. The van der Waals surface area contributed by atoms with Crippen LogP contribution in [0.25, 0.3) is 9.75 Å². The van der Waals surface area contributed by atoms with Gasteiger partial charge in [0.2, 0.25) is 0 Å². The second-order valence-corrected chi connectivity index (χ2v) is 8.45. The first-order chi connectivity index (χ1) is 11.8. The van der Waals surface area contributed by atoms with Crippen molar-refractivity contribution in [2.45, 2.75) is 78.1 Å². The fraction of sp³-hybridized carbons (Fsp3) is 0.619. The molecule has 0 saturated carbocycles. The van der Waals surface area contributed by atoms with Gasteiger partial charge in [0.05, 0.1) is 7.11 Å². The van der Waals surface area contributed by atoms with Gasteiger partial charge in [-0.2, -0.15) is 0 Å². The number of thiophene rings is 2. The minimum absolute atomic E-state index is 1.12. The van der Waals surface area contributed by atoms with Crippen molar-refractivity contribution in [3.05, 3.63) is 28.6 Å². The lowest BCUT2D eigenvalue weighted by Crippen LogP contribution is -1.87. The fourth-order valence-corrected chi connectivity index (χ4v) is 5.24. The summed E-state index contributed by atoms with van der Waals surface area (Å²) in [7, 11) is 1.81. The highest BCUT2D eigenvalue weighted by Gasteiger charge is 2.14. The van der Waals surface area contributed by atoms with E-state index in [2.05, 4.69) is 31.4 Å². The lowest BCUT2D eigenvalue weighted by atomic mass is 10.1. The molecule has 0 aromatic carbocycles. The third-order valence-corrected chi connectivity index (χ3v) is 6.80. The number of unbranched alkanes of at least 4 members (excludes halogenated alkanes) is 6. The van der Waals surface area contributed by atoms with E-state index in [1.54, 1.807) is 0 Å². The molecule has 0 unspecified atom stereocenters. The van der Waals surface area contributed by atoms with Gasteiger partial charge in [0.1, 0.15) is 0 Å². The Bertz CT molecular complexity index is 582. The Morgan fingerprint density at radius 3 is 2.17 bits per heavy atom. The maximum Gasteiger partial charge on any atom is 0.177 e. The van der Waals surface area contributed by atoms with Crippen LogP contribution in [0.3, 0.4) is 0 Å². The summed E-state index contributed by atoms with van der Waals surface area (Å²) >= 11 is 3.71. The van der Waals surface area contributed by atoms with Crippen molar-refractivity contribution >= 4 is 22.7 Å². The molecular formula is C21H32OS2. The second-order valence-electron chi connectivity index (χ2n) is 6.52. The van der Waals surface area contributed by atoms with E-state index in [1.807, 2.05) is 29.8 Å². The van der Waals surface area contributed by atoms with Crippen LogP contribution >= 0.6 is 22.7 Å². The SMILES string of the molecule is CCCCCCc1cc(-c2sccc2CCCCCC)sc1OC. The van der Waals surface area contributed by atoms with E-state index in [0.717, 1.165) is 11.5 Å². The first kappa shape index (κ1) is 19.5. The molecule has 0 spiro atoms. The van der Waals surface area contributed by atoms with Gasteiger partial charge in [0.25, 0.3) is 0 Å². The number of methoxy groups -OCH3 is 1. The number of aryl methyl sites for hydroxylation is 2. The van der Waals surface area contributed by atoms with Crippen molar-refractivity contribution in [1.82, 2.24) is 0 Å². The predicted molar refractivity (Wildman–Crippen MR) is 110 cm³/mol. The summed E-state index contributed by atoms with van der Waals surface area (Å²) in [5.41, 5.74) is 2.93. The third kappa shape index (κ3) is 5.63. The molecule has 2 aromatic heterocycles. The maximum absolute atomic E-state index is 5.66. The molecule has 0 bridgehead atoms. The van der Waals surface area contributed by atoms with E-state index in [4.69, 9.17) is 4.74 Å². The van der Waals surface area contributed by atoms with E-state index >= 15 is 0 Å². The van der Waals surface area contributed by atoms with E-state index in [1.165, 1.54) is 78.7 Å². The molecule has 0 amide bonds. The van der Waals surface area contributed by atoms with Crippen molar-refractivity contribution in [2.24, 2.45) is 0 Å². The minimum atomic E-state index is 1.12. The van der Waals surface area contributed by atoms with Gasteiger partial charge in [-0.1, -0.05) is 63.7 Å². The van der Waals surface area contributed by atoms with Gasteiger partial charge < -0.3 is 4.74 Å². The summed E-state index contributed by atoms with van der Waals surface area (Å²) in [6, 6.07) is 4.70. The van der Waals surface area contributed by atoms with Gasteiger partial charge in [-0.05, 0) is 48.8 Å². The molecule has 2 rings (SSSR count). The lowest BCUT2D eigenvalue weighted by molar-refractivity contribution is 0.421. The Labute approximate surface area is 156 Å². The lowest BCUT2D eigenvalue weighted by Gasteiger charge is -2.02. The summed E-state index contributed by atoms with van der Waals surface area (Å²) < 4.78 is 5.66. The molecule has 0 aliphatic rings. The van der Waals surface area contributed by atoms with Crippen LogP contribution in [-0.4, -0.2) is 7.11 Å². The Balaban J connectivity index is 2.03. The fourth-order valence-electron chi connectivity index (χ4n) is 3.10. The first-order valence-corrected chi connectivity index (χ1v) is 11.2. The van der Waals surface area contributed by atoms with Crippen LogP contribution in [0.15, 0.2) is 17.5 Å². The molecule has 134 valence electrons. The van der Waals surface area contributed by atoms with Crippen LogP contribution in [0.2, 0.25) is 0 Å². The number of hydrogen-bond donors (Lipinski definition) is 0. The third-order valence-electron chi connectivity index (χ3n) is 4.53. The molecule has 0 aliphatic carbocycles. The van der Waals surface area contributed by atoms with Gasteiger partial charge >= 0.3 is 0 Å². The molecule has 2 heterocycles. The second kappa shape index (κ2) is 10.9. The zero-order valence-electron chi connectivity index (χ0n) is 15.5. The van der Waals surface area contributed by atoms with Gasteiger partial charge in [-0.15, -0.1) is 11.3 Å². The van der Waals surface area contributed by atoms with E-state index in [9.17, 15) is 0 Å². The first-order valence-electron chi connectivity index (χ1n) is 9.53. The highest BCUT2D eigenvalue weighted by Crippen LogP contribution is 2.41. The van der Waals surface area contributed by atoms with Crippen LogP contribution in [-0.2, 0) is 12.8 Å². The smallest absolute Gasteiger partial charge is 0.177 e. The Kier molecular flexibility index (Phi) is 8.90. The van der Waals surface area contributed by atoms with Crippen LogP contribution in [0.4, 0.5) is 0 Å². The maximum atomic E-state index is 5.66. The summed E-state index contributed by atoms with van der Waals surface area (Å²) in [4.78, 5) is 2.87. The molecule has 1 nitrogen and oxygen atoms in total. The van der Waals surface area contributed by atoms with Crippen LogP contribution < -0.4 is 4.74 Å². The Morgan fingerprint density at radius 2 is 1.54 bits per heavy atom. The van der Waals surface area contributed by atoms with Gasteiger partial charge in [0, 0.05) is 15.3 Å². The molecule has 0 N–H and O–H groups in total. The molecule has 0 radical (unpaired) electrons. The van der Waals surface area contributed by atoms with Crippen molar-refractivity contribution in [2.75, 3.05) is 7.11 Å². The molecule has 0 aliphatic heterocycles. The molecule has 0 fully saturated rings. The van der Waals surface area contributed by atoms with Crippen LogP contribution in [0.5, 0.6) is 5.06 Å². The number of rotatable bonds is 12. The van der Waals surface area contributed by atoms with Crippen LogP contribution in [0, 0.1) is 0 Å². The monoisotopic (exact) mass is 364 g/mol. The van der Waals surface area contributed by atoms with E-state index in [-0.39, 0.29) is 0 Å². The van der Waals surface area contributed by atoms with Crippen molar-refractivity contribution < 1.29 is 4.74 Å². The molecular weight excluding hydrogens is 332 g/mol. The zero-order valence-corrected chi connectivity index (χ0v) is 17.2. The predicted octanol–water partition coefficient (Wildman–Crippen LogP) is 7.73. The molecule has 24 heavy (non-hydrogen) atoms. The standard InChI is InChI=1S/C21H32OS2/c1-4-6-8-10-12-17-14-15-23-20(17)19-16-18(21(22-3)24-19)13-11-9-7-5-2/h14-16H,4-13H2,1-3H3. The quantitative estimate of drug-likeness (QED) is 0.350. The highest BCUT2D eigenvalue weighted by atomic mass is 32.1. The molecule has 3 heteroatoms. The van der Waals surface area contributed by atoms with E-state index < -0.39 is 0 Å². The number of ether oxygens (including phenoxy) is 1. The summed E-state index contributed by atoms with van der Waals surface area (Å²) in [6.07, 6.45) is 12.9. The minimum Gasteiger partial charge on any atom is -0.487 e. The van der Waals surface area contributed by atoms with Gasteiger partial charge in [-0.3, -0.25) is 0 Å². The average Bonchev–Trinajstić information content (AvgIpc) is 3.22. The van der Waals surface area contributed by atoms with Gasteiger partial charge in [-0.25, -0.2) is 0 Å². The average molecular weight is 365 g/mol. The largest absolute Gasteiger partial charge is 0.487 e. The van der Waals surface area contributed by atoms with Crippen molar-refractivity contribution in [3.8, 4) is 14.8 Å². The topological polar surface area (TPSA) is 9.23 Å². The van der Waals surface area contributed by atoms with Crippen LogP contribution in [0.1, 0.15) is 76.3 Å². The molecule has 0 atom stereocenters. The van der Waals surface area contributed by atoms with Gasteiger partial charge in [0.15, 0.2) is 5.06 Å². The Morgan fingerprint density at radius 1 is 0.875 bits per heavy atom. The summed E-state index contributed by atoms with van der Waals surface area (Å²) in [5.74, 6) is 0. The Hall–Kier alpha value is -0.800. The summed E-state index contributed by atoms with van der Waals surface area (Å²) in [5, 5.41) is 3.37. The van der Waals surface area contributed by atoms with Crippen molar-refractivity contribution in [1.29, 1.82) is 0 Å². The van der Waals surface area contributed by atoms with E-state index in [0.29, 0.717) is 0 Å². The zero-order chi connectivity index (χ0) is 17.2.